The van der Waals surface area contributed by atoms with E-state index in [0.717, 1.165) is 6.07 Å². The molecule has 9 heteroatoms. The van der Waals surface area contributed by atoms with E-state index in [0.29, 0.717) is 0 Å². The van der Waals surface area contributed by atoms with E-state index in [9.17, 15) is 19.1 Å². The SMILES string of the molecule is COc1ccc([N+](=O)[O-])cc1NC(=O)N=S(C)(C)=O. The van der Waals surface area contributed by atoms with Gasteiger partial charge < -0.3 is 10.1 Å². The summed E-state index contributed by atoms with van der Waals surface area (Å²) in [6, 6.07) is 2.88. The number of non-ortho nitro benzene ring substituents is 1. The van der Waals surface area contributed by atoms with Crippen LogP contribution >= 0.6 is 0 Å². The number of methoxy groups -OCH3 is 1. The lowest BCUT2D eigenvalue weighted by Crippen LogP contribution is -2.10. The van der Waals surface area contributed by atoms with Crippen LogP contribution in [0.1, 0.15) is 0 Å². The molecule has 2 amide bonds. The Hall–Kier alpha value is -2.16. The molecule has 0 aliphatic carbocycles. The van der Waals surface area contributed by atoms with Gasteiger partial charge in [-0.15, -0.1) is 4.36 Å². The predicted molar refractivity (Wildman–Crippen MR) is 71.1 cm³/mol. The van der Waals surface area contributed by atoms with Crippen LogP contribution in [0.3, 0.4) is 0 Å². The molecule has 0 saturated carbocycles. The Kier molecular flexibility index (Phi) is 4.43. The number of urea groups is 1. The van der Waals surface area contributed by atoms with Crippen LogP contribution < -0.4 is 10.1 Å². The summed E-state index contributed by atoms with van der Waals surface area (Å²) in [5, 5.41) is 12.9. The van der Waals surface area contributed by atoms with E-state index in [2.05, 4.69) is 9.68 Å². The van der Waals surface area contributed by atoms with Crippen molar-refractivity contribution < 1.29 is 18.7 Å². The molecule has 0 unspecified atom stereocenters. The molecule has 0 spiro atoms. The molecule has 1 aromatic carbocycles. The van der Waals surface area contributed by atoms with Crippen molar-refractivity contribution in [1.82, 2.24) is 0 Å². The lowest BCUT2D eigenvalue weighted by molar-refractivity contribution is -0.384. The first-order valence-electron chi connectivity index (χ1n) is 5.03. The summed E-state index contributed by atoms with van der Waals surface area (Å²) in [6.07, 6.45) is 2.61. The quantitative estimate of drug-likeness (QED) is 0.673. The van der Waals surface area contributed by atoms with Crippen LogP contribution in [-0.2, 0) is 9.73 Å². The number of carbonyl (C=O) groups excluding carboxylic acids is 1. The number of nitro benzene ring substituents is 1. The molecule has 0 radical (unpaired) electrons. The Bertz CT molecular complexity index is 626. The molecule has 0 heterocycles. The van der Waals surface area contributed by atoms with Crippen molar-refractivity contribution in [3.8, 4) is 5.75 Å². The van der Waals surface area contributed by atoms with Crippen molar-refractivity contribution in [2.75, 3.05) is 24.9 Å². The molecule has 1 aromatic rings. The predicted octanol–water partition coefficient (Wildman–Crippen LogP) is 1.86. The second-order valence-corrected chi connectivity index (χ2v) is 6.39. The average molecular weight is 287 g/mol. The van der Waals surface area contributed by atoms with Crippen molar-refractivity contribution in [2.45, 2.75) is 0 Å². The van der Waals surface area contributed by atoms with Gasteiger partial charge >= 0.3 is 6.03 Å². The zero-order chi connectivity index (χ0) is 14.6. The Balaban J connectivity index is 3.12. The van der Waals surface area contributed by atoms with Gasteiger partial charge in [0, 0.05) is 24.6 Å². The number of nitrogens with one attached hydrogen (secondary N) is 1. The van der Waals surface area contributed by atoms with Crippen LogP contribution in [-0.4, -0.2) is 34.8 Å². The molecular formula is C10H13N3O5S. The van der Waals surface area contributed by atoms with Crippen LogP contribution in [0.4, 0.5) is 16.2 Å². The molecule has 0 aromatic heterocycles. The first kappa shape index (κ1) is 14.9. The van der Waals surface area contributed by atoms with E-state index in [1.165, 1.54) is 31.8 Å². The third kappa shape index (κ3) is 4.54. The van der Waals surface area contributed by atoms with Gasteiger partial charge in [-0.1, -0.05) is 0 Å². The largest absolute Gasteiger partial charge is 0.495 e. The third-order valence-electron chi connectivity index (χ3n) is 1.94. The number of carbonyl (C=O) groups is 1. The van der Waals surface area contributed by atoms with Gasteiger partial charge in [0.2, 0.25) is 0 Å². The minimum Gasteiger partial charge on any atom is -0.495 e. The van der Waals surface area contributed by atoms with Gasteiger partial charge in [0.25, 0.3) is 5.69 Å². The van der Waals surface area contributed by atoms with Crippen molar-refractivity contribution in [3.63, 3.8) is 0 Å². The van der Waals surface area contributed by atoms with Crippen LogP contribution in [0, 0.1) is 10.1 Å². The number of rotatable bonds is 3. The Morgan fingerprint density at radius 1 is 1.47 bits per heavy atom. The molecule has 0 aliphatic rings. The van der Waals surface area contributed by atoms with Crippen molar-refractivity contribution in [3.05, 3.63) is 28.3 Å². The van der Waals surface area contributed by atoms with Gasteiger partial charge in [0.05, 0.1) is 27.4 Å². The summed E-state index contributed by atoms with van der Waals surface area (Å²) in [7, 11) is -1.24. The number of anilines is 1. The summed E-state index contributed by atoms with van der Waals surface area (Å²) in [5.41, 5.74) is -0.112. The number of benzene rings is 1. The molecule has 19 heavy (non-hydrogen) atoms. The molecule has 0 saturated heterocycles. The molecule has 8 nitrogen and oxygen atoms in total. The molecule has 0 atom stereocenters. The average Bonchev–Trinajstić information content (AvgIpc) is 2.26. The number of ether oxygens (including phenoxy) is 1. The van der Waals surface area contributed by atoms with E-state index in [4.69, 9.17) is 4.74 Å². The maximum Gasteiger partial charge on any atom is 0.353 e. The maximum atomic E-state index is 11.5. The molecule has 104 valence electrons. The van der Waals surface area contributed by atoms with Crippen molar-refractivity contribution in [2.24, 2.45) is 4.36 Å². The molecule has 1 rings (SSSR count). The highest BCUT2D eigenvalue weighted by Crippen LogP contribution is 2.28. The van der Waals surface area contributed by atoms with Crippen LogP contribution in [0.15, 0.2) is 22.6 Å². The number of amides is 2. The number of hydrogen-bond donors (Lipinski definition) is 1. The summed E-state index contributed by atoms with van der Waals surface area (Å²) < 4.78 is 19.7. The van der Waals surface area contributed by atoms with Gasteiger partial charge in [-0.3, -0.25) is 10.1 Å². The van der Waals surface area contributed by atoms with Crippen LogP contribution in [0.2, 0.25) is 0 Å². The standard InChI is InChI=1S/C10H13N3O5S/c1-18-9-5-4-7(13(15)16)6-8(9)11-10(14)12-19(2,3)17/h4-6H,1-3H3,(H,11,14). The molecule has 0 aliphatic heterocycles. The molecule has 0 fully saturated rings. The van der Waals surface area contributed by atoms with E-state index < -0.39 is 20.7 Å². The normalized spacial score (nSPS) is 10.7. The van der Waals surface area contributed by atoms with Crippen LogP contribution in [0.25, 0.3) is 0 Å². The van der Waals surface area contributed by atoms with Gasteiger partial charge in [-0.2, -0.15) is 0 Å². The minimum absolute atomic E-state index is 0.0918. The highest BCUT2D eigenvalue weighted by atomic mass is 32.2. The smallest absolute Gasteiger partial charge is 0.353 e. The zero-order valence-corrected chi connectivity index (χ0v) is 11.4. The summed E-state index contributed by atoms with van der Waals surface area (Å²) >= 11 is 0. The number of nitrogens with zero attached hydrogens (tertiary/aromatic N) is 2. The van der Waals surface area contributed by atoms with Crippen molar-refractivity contribution in [1.29, 1.82) is 0 Å². The van der Waals surface area contributed by atoms with Gasteiger partial charge in [0.15, 0.2) is 0 Å². The Labute approximate surface area is 110 Å². The molecule has 0 bridgehead atoms. The second-order valence-electron chi connectivity index (χ2n) is 3.84. The fourth-order valence-corrected chi connectivity index (χ4v) is 1.69. The minimum atomic E-state index is -2.60. The first-order chi connectivity index (χ1) is 8.73. The number of nitro groups is 1. The van der Waals surface area contributed by atoms with E-state index in [1.807, 2.05) is 0 Å². The zero-order valence-electron chi connectivity index (χ0n) is 10.6. The lowest BCUT2D eigenvalue weighted by atomic mass is 10.2. The molecular weight excluding hydrogens is 274 g/mol. The number of hydrogen-bond acceptors (Lipinski definition) is 5. The maximum absolute atomic E-state index is 11.5. The lowest BCUT2D eigenvalue weighted by Gasteiger charge is -2.08. The summed E-state index contributed by atoms with van der Waals surface area (Å²) in [6.45, 7) is 0. The van der Waals surface area contributed by atoms with Crippen LogP contribution in [0.5, 0.6) is 5.75 Å². The van der Waals surface area contributed by atoms with E-state index in [1.54, 1.807) is 0 Å². The van der Waals surface area contributed by atoms with Gasteiger partial charge in [-0.25, -0.2) is 9.00 Å². The van der Waals surface area contributed by atoms with Gasteiger partial charge in [0.1, 0.15) is 5.75 Å². The fourth-order valence-electron chi connectivity index (χ4n) is 1.24. The fraction of sp³-hybridized carbons (Fsp3) is 0.300. The summed E-state index contributed by atoms with van der Waals surface area (Å²) in [4.78, 5) is 21.5. The Morgan fingerprint density at radius 3 is 2.58 bits per heavy atom. The molecule has 1 N–H and O–H groups in total. The van der Waals surface area contributed by atoms with Crippen molar-refractivity contribution >= 4 is 27.1 Å². The van der Waals surface area contributed by atoms with E-state index in [-0.39, 0.29) is 17.1 Å². The third-order valence-corrected chi connectivity index (χ3v) is 2.54. The highest BCUT2D eigenvalue weighted by Gasteiger charge is 2.13. The van der Waals surface area contributed by atoms with Gasteiger partial charge in [-0.05, 0) is 6.07 Å². The topological polar surface area (TPSA) is 111 Å². The monoisotopic (exact) mass is 287 g/mol. The summed E-state index contributed by atoms with van der Waals surface area (Å²) in [5.74, 6) is 0.243. The van der Waals surface area contributed by atoms with E-state index >= 15 is 0 Å². The highest BCUT2D eigenvalue weighted by molar-refractivity contribution is 7.92. The second kappa shape index (κ2) is 5.65. The Morgan fingerprint density at radius 2 is 2.11 bits per heavy atom. The first-order valence-corrected chi connectivity index (χ1v) is 7.36.